The molecule has 2 amide bonds. The lowest BCUT2D eigenvalue weighted by molar-refractivity contribution is -0.152. The van der Waals surface area contributed by atoms with Crippen LogP contribution in [0.3, 0.4) is 0 Å². The highest BCUT2D eigenvalue weighted by Gasteiger charge is 2.60. The minimum atomic E-state index is -0.833. The van der Waals surface area contributed by atoms with Crippen molar-refractivity contribution in [2.75, 3.05) is 0 Å². The monoisotopic (exact) mass is 277 g/mol. The number of likely N-dealkylation sites (tertiary alicyclic amines) is 1. The molecule has 0 aromatic rings. The second kappa shape index (κ2) is 4.06. The lowest BCUT2D eigenvalue weighted by Crippen LogP contribution is -2.50. The number of carboxylic acids is 1. The molecule has 5 heteroatoms. The van der Waals surface area contributed by atoms with E-state index < -0.39 is 11.9 Å². The van der Waals surface area contributed by atoms with E-state index in [4.69, 9.17) is 0 Å². The fraction of sp³-hybridized carbons (Fsp3) is 0.800. The molecular weight excluding hydrogens is 258 g/mol. The molecule has 4 rings (SSSR count). The van der Waals surface area contributed by atoms with Crippen LogP contribution in [0.25, 0.3) is 0 Å². The van der Waals surface area contributed by atoms with E-state index >= 15 is 0 Å². The maximum Gasteiger partial charge on any atom is 0.308 e. The zero-order chi connectivity index (χ0) is 14.0. The van der Waals surface area contributed by atoms with Gasteiger partial charge in [-0.25, -0.2) is 0 Å². The Labute approximate surface area is 117 Å². The molecule has 6 unspecified atom stereocenters. The fourth-order valence-electron chi connectivity index (χ4n) is 5.29. The van der Waals surface area contributed by atoms with Gasteiger partial charge in [-0.1, -0.05) is 6.42 Å². The summed E-state index contributed by atoms with van der Waals surface area (Å²) in [4.78, 5) is 38.0. The third kappa shape index (κ3) is 1.41. The molecule has 3 aliphatic carbocycles. The summed E-state index contributed by atoms with van der Waals surface area (Å²) in [5.41, 5.74) is 0. The van der Waals surface area contributed by atoms with E-state index in [0.29, 0.717) is 0 Å². The Hall–Kier alpha value is -1.39. The maximum atomic E-state index is 12.5. The lowest BCUT2D eigenvalue weighted by Gasteiger charge is -2.34. The molecular formula is C15H19NO4. The third-order valence-corrected chi connectivity index (χ3v) is 6.08. The van der Waals surface area contributed by atoms with Gasteiger partial charge in [-0.05, 0) is 43.9 Å². The fourth-order valence-corrected chi connectivity index (χ4v) is 5.29. The summed E-state index contributed by atoms with van der Waals surface area (Å²) in [6, 6.07) is -0.364. The highest BCUT2D eigenvalue weighted by atomic mass is 16.4. The molecule has 108 valence electrons. The molecule has 0 aromatic carbocycles. The minimum Gasteiger partial charge on any atom is -0.481 e. The van der Waals surface area contributed by atoms with Crippen molar-refractivity contribution in [3.8, 4) is 0 Å². The maximum absolute atomic E-state index is 12.5. The molecule has 4 fully saturated rings. The van der Waals surface area contributed by atoms with Gasteiger partial charge in [0.25, 0.3) is 0 Å². The molecule has 4 aliphatic rings. The van der Waals surface area contributed by atoms with Gasteiger partial charge in [0.2, 0.25) is 11.8 Å². The first-order chi connectivity index (χ1) is 9.59. The van der Waals surface area contributed by atoms with Crippen molar-refractivity contribution >= 4 is 17.8 Å². The summed E-state index contributed by atoms with van der Waals surface area (Å²) < 4.78 is 0. The Morgan fingerprint density at radius 2 is 1.60 bits per heavy atom. The molecule has 1 saturated heterocycles. The summed E-state index contributed by atoms with van der Waals surface area (Å²) in [6.45, 7) is 0. The molecule has 6 atom stereocenters. The van der Waals surface area contributed by atoms with Gasteiger partial charge in [0.1, 0.15) is 0 Å². The molecule has 3 saturated carbocycles. The molecule has 0 radical (unpaired) electrons. The van der Waals surface area contributed by atoms with E-state index in [2.05, 4.69) is 0 Å². The van der Waals surface area contributed by atoms with Crippen molar-refractivity contribution in [1.29, 1.82) is 0 Å². The van der Waals surface area contributed by atoms with E-state index in [9.17, 15) is 19.5 Å². The van der Waals surface area contributed by atoms with Crippen LogP contribution in [0.15, 0.2) is 0 Å². The van der Waals surface area contributed by atoms with Gasteiger partial charge in [0.05, 0.1) is 23.8 Å². The molecule has 1 aliphatic heterocycles. The van der Waals surface area contributed by atoms with Crippen LogP contribution < -0.4 is 0 Å². The van der Waals surface area contributed by atoms with Gasteiger partial charge in [0, 0.05) is 0 Å². The summed E-state index contributed by atoms with van der Waals surface area (Å²) in [7, 11) is 0. The average Bonchev–Trinajstić information content (AvgIpc) is 3.14. The Morgan fingerprint density at radius 3 is 2.20 bits per heavy atom. The normalized spacial score (nSPS) is 46.3. The smallest absolute Gasteiger partial charge is 0.308 e. The predicted molar refractivity (Wildman–Crippen MR) is 68.4 cm³/mol. The highest BCUT2D eigenvalue weighted by Crippen LogP contribution is 2.53. The Kier molecular flexibility index (Phi) is 2.51. The van der Waals surface area contributed by atoms with Crippen LogP contribution in [-0.4, -0.2) is 33.8 Å². The predicted octanol–water partition coefficient (Wildman–Crippen LogP) is 1.27. The standard InChI is InChI=1S/C15H19NO4/c17-13-9-2-1-3-10(9)14(18)16(13)12-8-5-4-7(6-8)11(12)15(19)20/h7-12H,1-6H2,(H,19,20). The Morgan fingerprint density at radius 1 is 1.00 bits per heavy atom. The van der Waals surface area contributed by atoms with Crippen LogP contribution in [0, 0.1) is 29.6 Å². The van der Waals surface area contributed by atoms with Crippen molar-refractivity contribution in [2.24, 2.45) is 29.6 Å². The highest BCUT2D eigenvalue weighted by molar-refractivity contribution is 6.06. The van der Waals surface area contributed by atoms with Crippen LogP contribution >= 0.6 is 0 Å². The SMILES string of the molecule is O=C(O)C1C2CCC(C2)C1N1C(=O)C2CCCC2C1=O. The molecule has 5 nitrogen and oxygen atoms in total. The van der Waals surface area contributed by atoms with Gasteiger partial charge < -0.3 is 5.11 Å². The number of carboxylic acid groups (broad SMARTS) is 1. The number of aliphatic carboxylic acids is 1. The summed E-state index contributed by atoms with van der Waals surface area (Å²) in [5, 5.41) is 9.49. The van der Waals surface area contributed by atoms with E-state index in [0.717, 1.165) is 38.5 Å². The number of imide groups is 1. The molecule has 2 bridgehead atoms. The zero-order valence-electron chi connectivity index (χ0n) is 11.3. The molecule has 1 heterocycles. The molecule has 1 N–H and O–H groups in total. The van der Waals surface area contributed by atoms with Crippen LogP contribution in [0.4, 0.5) is 0 Å². The lowest BCUT2D eigenvalue weighted by atomic mass is 9.83. The summed E-state index contributed by atoms with van der Waals surface area (Å²) >= 11 is 0. The van der Waals surface area contributed by atoms with Crippen molar-refractivity contribution in [3.05, 3.63) is 0 Å². The first kappa shape index (κ1) is 12.4. The van der Waals surface area contributed by atoms with E-state index in [-0.39, 0.29) is 41.5 Å². The molecule has 0 aromatic heterocycles. The van der Waals surface area contributed by atoms with Crippen LogP contribution in [0.2, 0.25) is 0 Å². The van der Waals surface area contributed by atoms with Crippen molar-refractivity contribution < 1.29 is 19.5 Å². The number of hydrogen-bond donors (Lipinski definition) is 1. The zero-order valence-corrected chi connectivity index (χ0v) is 11.3. The van der Waals surface area contributed by atoms with Crippen LogP contribution in [0.1, 0.15) is 38.5 Å². The van der Waals surface area contributed by atoms with Crippen molar-refractivity contribution in [3.63, 3.8) is 0 Å². The van der Waals surface area contributed by atoms with Gasteiger partial charge in [-0.15, -0.1) is 0 Å². The first-order valence-electron chi connectivity index (χ1n) is 7.69. The number of fused-ring (bicyclic) bond motifs is 3. The van der Waals surface area contributed by atoms with Gasteiger partial charge in [-0.2, -0.15) is 0 Å². The molecule has 0 spiro atoms. The number of carbonyl (C=O) groups excluding carboxylic acids is 2. The number of amides is 2. The number of carbonyl (C=O) groups is 3. The van der Waals surface area contributed by atoms with Gasteiger partial charge >= 0.3 is 5.97 Å². The minimum absolute atomic E-state index is 0.0821. The topological polar surface area (TPSA) is 74.7 Å². The van der Waals surface area contributed by atoms with Crippen molar-refractivity contribution in [2.45, 2.75) is 44.6 Å². The number of nitrogens with zero attached hydrogens (tertiary/aromatic N) is 1. The van der Waals surface area contributed by atoms with E-state index in [1.54, 1.807) is 0 Å². The van der Waals surface area contributed by atoms with E-state index in [1.807, 2.05) is 0 Å². The van der Waals surface area contributed by atoms with Gasteiger partial charge in [0.15, 0.2) is 0 Å². The molecule has 20 heavy (non-hydrogen) atoms. The number of hydrogen-bond acceptors (Lipinski definition) is 3. The first-order valence-corrected chi connectivity index (χ1v) is 7.69. The largest absolute Gasteiger partial charge is 0.481 e. The van der Waals surface area contributed by atoms with E-state index in [1.165, 1.54) is 4.90 Å². The third-order valence-electron chi connectivity index (χ3n) is 6.08. The van der Waals surface area contributed by atoms with Crippen LogP contribution in [0.5, 0.6) is 0 Å². The average molecular weight is 277 g/mol. The van der Waals surface area contributed by atoms with Crippen molar-refractivity contribution in [1.82, 2.24) is 4.90 Å². The Bertz CT molecular complexity index is 480. The quantitative estimate of drug-likeness (QED) is 0.771. The summed E-state index contributed by atoms with van der Waals surface area (Å²) in [5.74, 6) is -1.47. The summed E-state index contributed by atoms with van der Waals surface area (Å²) in [6.07, 6.45) is 5.30. The second-order valence-electron chi connectivity index (χ2n) is 6.88. The van der Waals surface area contributed by atoms with Gasteiger partial charge in [-0.3, -0.25) is 19.3 Å². The Balaban J connectivity index is 1.68. The van der Waals surface area contributed by atoms with Crippen LogP contribution in [-0.2, 0) is 14.4 Å². The number of rotatable bonds is 2. The second-order valence-corrected chi connectivity index (χ2v) is 6.88.